The molecular formula is C22H28F2N2O3. The van der Waals surface area contributed by atoms with Crippen molar-refractivity contribution < 1.29 is 23.0 Å². The SMILES string of the molecule is CCN(CC)C(CNC(=O)c1ccc(OC)c(OC(F)F)c1)Cc1ccccc1. The fourth-order valence-electron chi connectivity index (χ4n) is 3.28. The minimum absolute atomic E-state index is 0.117. The molecule has 0 saturated heterocycles. The van der Waals surface area contributed by atoms with Crippen molar-refractivity contribution in [3.8, 4) is 11.5 Å². The summed E-state index contributed by atoms with van der Waals surface area (Å²) in [5.41, 5.74) is 1.43. The predicted molar refractivity (Wildman–Crippen MR) is 109 cm³/mol. The van der Waals surface area contributed by atoms with Crippen LogP contribution in [0.2, 0.25) is 0 Å². The number of halogens is 2. The van der Waals surface area contributed by atoms with E-state index < -0.39 is 6.61 Å². The zero-order chi connectivity index (χ0) is 21.2. The molecule has 0 heterocycles. The Balaban J connectivity index is 2.10. The zero-order valence-corrected chi connectivity index (χ0v) is 17.0. The highest BCUT2D eigenvalue weighted by atomic mass is 19.3. The van der Waals surface area contributed by atoms with Gasteiger partial charge in [0.1, 0.15) is 0 Å². The summed E-state index contributed by atoms with van der Waals surface area (Å²) in [6.45, 7) is 3.33. The standard InChI is InChI=1S/C22H28F2N2O3/c1-4-26(5-2)18(13-16-9-7-6-8-10-16)15-25-21(27)17-11-12-19(28-3)20(14-17)29-22(23)24/h6-12,14,18,22H,4-5,13,15H2,1-3H3,(H,25,27). The van der Waals surface area contributed by atoms with Crippen molar-refractivity contribution >= 4 is 5.91 Å². The van der Waals surface area contributed by atoms with E-state index in [1.807, 2.05) is 18.2 Å². The van der Waals surface area contributed by atoms with Gasteiger partial charge in [-0.3, -0.25) is 9.69 Å². The second-order valence-corrected chi connectivity index (χ2v) is 6.52. The lowest BCUT2D eigenvalue weighted by Crippen LogP contribution is -2.45. The molecule has 0 bridgehead atoms. The summed E-state index contributed by atoms with van der Waals surface area (Å²) in [5, 5.41) is 2.92. The summed E-state index contributed by atoms with van der Waals surface area (Å²) in [6, 6.07) is 14.4. The molecular weight excluding hydrogens is 378 g/mol. The Labute approximate surface area is 170 Å². The summed E-state index contributed by atoms with van der Waals surface area (Å²) < 4.78 is 34.7. The third-order valence-electron chi connectivity index (χ3n) is 4.78. The molecule has 0 spiro atoms. The lowest BCUT2D eigenvalue weighted by atomic mass is 10.0. The molecule has 158 valence electrons. The number of benzene rings is 2. The van der Waals surface area contributed by atoms with Gasteiger partial charge in [-0.25, -0.2) is 0 Å². The Bertz CT molecular complexity index is 768. The van der Waals surface area contributed by atoms with Crippen LogP contribution in [0.3, 0.4) is 0 Å². The minimum Gasteiger partial charge on any atom is -0.493 e. The van der Waals surface area contributed by atoms with Gasteiger partial charge >= 0.3 is 6.61 Å². The first-order chi connectivity index (χ1) is 14.0. The molecule has 0 radical (unpaired) electrons. The van der Waals surface area contributed by atoms with Gasteiger partial charge in [-0.2, -0.15) is 8.78 Å². The van der Waals surface area contributed by atoms with Crippen molar-refractivity contribution in [2.45, 2.75) is 32.9 Å². The molecule has 5 nitrogen and oxygen atoms in total. The number of hydrogen-bond acceptors (Lipinski definition) is 4. The molecule has 0 aliphatic rings. The quantitative estimate of drug-likeness (QED) is 0.613. The number of rotatable bonds is 11. The van der Waals surface area contributed by atoms with E-state index in [1.54, 1.807) is 0 Å². The lowest BCUT2D eigenvalue weighted by molar-refractivity contribution is -0.0512. The Morgan fingerprint density at radius 3 is 2.34 bits per heavy atom. The molecule has 0 aliphatic heterocycles. The third kappa shape index (κ3) is 6.71. The summed E-state index contributed by atoms with van der Waals surface area (Å²) in [4.78, 5) is 14.9. The molecule has 2 rings (SSSR count). The molecule has 29 heavy (non-hydrogen) atoms. The van der Waals surface area contributed by atoms with E-state index in [2.05, 4.69) is 40.9 Å². The molecule has 2 aromatic carbocycles. The van der Waals surface area contributed by atoms with Crippen LogP contribution in [0.25, 0.3) is 0 Å². The van der Waals surface area contributed by atoms with Crippen LogP contribution in [-0.2, 0) is 6.42 Å². The van der Waals surface area contributed by atoms with E-state index in [0.717, 1.165) is 19.5 Å². The van der Waals surface area contributed by atoms with Crippen molar-refractivity contribution in [1.82, 2.24) is 10.2 Å². The molecule has 1 atom stereocenters. The van der Waals surface area contributed by atoms with Crippen LogP contribution in [0, 0.1) is 0 Å². The van der Waals surface area contributed by atoms with Gasteiger partial charge in [-0.15, -0.1) is 0 Å². The maximum atomic E-state index is 12.6. The van der Waals surface area contributed by atoms with Crippen LogP contribution >= 0.6 is 0 Å². The first-order valence-corrected chi connectivity index (χ1v) is 9.67. The first kappa shape index (κ1) is 22.6. The van der Waals surface area contributed by atoms with E-state index in [9.17, 15) is 13.6 Å². The number of hydrogen-bond donors (Lipinski definition) is 1. The number of carbonyl (C=O) groups excluding carboxylic acids is 1. The summed E-state index contributed by atoms with van der Waals surface area (Å²) in [5.74, 6) is -0.372. The van der Waals surface area contributed by atoms with Crippen LogP contribution in [-0.4, -0.2) is 50.2 Å². The van der Waals surface area contributed by atoms with Crippen molar-refractivity contribution in [2.75, 3.05) is 26.7 Å². The first-order valence-electron chi connectivity index (χ1n) is 9.67. The molecule has 0 fully saturated rings. The second kappa shape index (κ2) is 11.4. The average Bonchev–Trinajstić information content (AvgIpc) is 2.72. The zero-order valence-electron chi connectivity index (χ0n) is 17.0. The van der Waals surface area contributed by atoms with Crippen molar-refractivity contribution in [3.05, 3.63) is 59.7 Å². The third-order valence-corrected chi connectivity index (χ3v) is 4.78. The van der Waals surface area contributed by atoms with Gasteiger partial charge in [0.25, 0.3) is 5.91 Å². The largest absolute Gasteiger partial charge is 0.493 e. The smallest absolute Gasteiger partial charge is 0.387 e. The van der Waals surface area contributed by atoms with Crippen LogP contribution in [0.4, 0.5) is 8.78 Å². The van der Waals surface area contributed by atoms with E-state index in [1.165, 1.54) is 30.9 Å². The van der Waals surface area contributed by atoms with Gasteiger partial charge in [0, 0.05) is 18.2 Å². The van der Waals surface area contributed by atoms with Crippen molar-refractivity contribution in [1.29, 1.82) is 0 Å². The van der Waals surface area contributed by atoms with Crippen LogP contribution < -0.4 is 14.8 Å². The lowest BCUT2D eigenvalue weighted by Gasteiger charge is -2.30. The maximum absolute atomic E-state index is 12.6. The molecule has 0 saturated carbocycles. The minimum atomic E-state index is -3.00. The van der Waals surface area contributed by atoms with Gasteiger partial charge in [0.05, 0.1) is 7.11 Å². The monoisotopic (exact) mass is 406 g/mol. The second-order valence-electron chi connectivity index (χ2n) is 6.52. The van der Waals surface area contributed by atoms with E-state index in [0.29, 0.717) is 6.54 Å². The Morgan fingerprint density at radius 1 is 1.07 bits per heavy atom. The number of amides is 1. The Morgan fingerprint density at radius 2 is 1.76 bits per heavy atom. The molecule has 2 aromatic rings. The fourth-order valence-corrected chi connectivity index (χ4v) is 3.28. The number of likely N-dealkylation sites (N-methyl/N-ethyl adjacent to an activating group) is 1. The average molecular weight is 406 g/mol. The van der Waals surface area contributed by atoms with Crippen molar-refractivity contribution in [3.63, 3.8) is 0 Å². The normalized spacial score (nSPS) is 12.1. The Hall–Kier alpha value is -2.67. The number of carbonyl (C=O) groups is 1. The number of alkyl halides is 2. The van der Waals surface area contributed by atoms with Crippen LogP contribution in [0.1, 0.15) is 29.8 Å². The van der Waals surface area contributed by atoms with E-state index in [-0.39, 0.29) is 29.0 Å². The molecule has 7 heteroatoms. The molecule has 0 aromatic heterocycles. The van der Waals surface area contributed by atoms with Gasteiger partial charge in [-0.05, 0) is 43.3 Å². The summed E-state index contributed by atoms with van der Waals surface area (Å²) >= 11 is 0. The number of ether oxygens (including phenoxy) is 2. The predicted octanol–water partition coefficient (Wildman–Crippen LogP) is 3.98. The summed E-state index contributed by atoms with van der Waals surface area (Å²) in [6.07, 6.45) is 0.797. The highest BCUT2D eigenvalue weighted by Crippen LogP contribution is 2.29. The van der Waals surface area contributed by atoms with Gasteiger partial charge in [-0.1, -0.05) is 44.2 Å². The van der Waals surface area contributed by atoms with Gasteiger partial charge in [0.15, 0.2) is 11.5 Å². The van der Waals surface area contributed by atoms with E-state index >= 15 is 0 Å². The number of nitrogens with one attached hydrogen (secondary N) is 1. The number of methoxy groups -OCH3 is 1. The molecule has 0 aliphatic carbocycles. The number of nitrogens with zero attached hydrogens (tertiary/aromatic N) is 1. The summed E-state index contributed by atoms with van der Waals surface area (Å²) in [7, 11) is 1.35. The Kier molecular flexibility index (Phi) is 8.86. The van der Waals surface area contributed by atoms with Gasteiger partial charge in [0.2, 0.25) is 0 Å². The molecule has 1 unspecified atom stereocenters. The van der Waals surface area contributed by atoms with Crippen LogP contribution in [0.15, 0.2) is 48.5 Å². The highest BCUT2D eigenvalue weighted by Gasteiger charge is 2.19. The highest BCUT2D eigenvalue weighted by molar-refractivity contribution is 5.94. The van der Waals surface area contributed by atoms with Gasteiger partial charge < -0.3 is 14.8 Å². The van der Waals surface area contributed by atoms with Crippen LogP contribution in [0.5, 0.6) is 11.5 Å². The fraction of sp³-hybridized carbons (Fsp3) is 0.409. The maximum Gasteiger partial charge on any atom is 0.387 e. The van der Waals surface area contributed by atoms with Crippen molar-refractivity contribution in [2.24, 2.45) is 0 Å². The molecule has 1 amide bonds. The topological polar surface area (TPSA) is 50.8 Å². The van der Waals surface area contributed by atoms with E-state index in [4.69, 9.17) is 4.74 Å². The molecule has 1 N–H and O–H groups in total.